The van der Waals surface area contributed by atoms with Gasteiger partial charge in [0.15, 0.2) is 0 Å². The minimum atomic E-state index is -0.756. The van der Waals surface area contributed by atoms with E-state index in [1.807, 2.05) is 27.7 Å². The number of carbonyl (C=O) groups excluding carboxylic acids is 3. The molecule has 3 rings (SSSR count). The summed E-state index contributed by atoms with van der Waals surface area (Å²) in [6.45, 7) is 9.79. The van der Waals surface area contributed by atoms with E-state index in [2.05, 4.69) is 0 Å². The summed E-state index contributed by atoms with van der Waals surface area (Å²) in [4.78, 5) is 39.0. The Balaban J connectivity index is 2.17. The highest BCUT2D eigenvalue weighted by atomic mass is 16.5. The smallest absolute Gasteiger partial charge is 0.308 e. The molecule has 1 atom stereocenters. The van der Waals surface area contributed by atoms with Gasteiger partial charge in [-0.2, -0.15) is 0 Å². The van der Waals surface area contributed by atoms with Crippen molar-refractivity contribution in [1.29, 1.82) is 0 Å². The summed E-state index contributed by atoms with van der Waals surface area (Å²) in [6, 6.07) is 11.1. The van der Waals surface area contributed by atoms with Gasteiger partial charge >= 0.3 is 5.97 Å². The molecule has 1 amide bonds. The number of hydrogen-bond donors (Lipinski definition) is 1. The molecule has 1 unspecified atom stereocenters. The van der Waals surface area contributed by atoms with Gasteiger partial charge in [0, 0.05) is 24.6 Å². The van der Waals surface area contributed by atoms with Gasteiger partial charge in [0.2, 0.25) is 0 Å². The maximum atomic E-state index is 13.2. The first-order valence-electron chi connectivity index (χ1n) is 11.7. The fourth-order valence-corrected chi connectivity index (χ4v) is 4.27. The Hall–Kier alpha value is -3.61. The maximum absolute atomic E-state index is 13.2. The molecule has 2 aromatic rings. The standard InChI is InChI=1S/C28H33NO6/c1-7-8-15-29-24(18-9-12-20(13-10-18)35-17(2)30)23(26(32)27(29)33)25(31)19-11-14-22(34-6)21(16-19)28(3,4)5/h9-14,16,24,31H,7-8,15H2,1-6H3/b25-23-. The van der Waals surface area contributed by atoms with E-state index < -0.39 is 23.7 Å². The van der Waals surface area contributed by atoms with Gasteiger partial charge in [-0.25, -0.2) is 0 Å². The third-order valence-corrected chi connectivity index (χ3v) is 6.03. The number of rotatable bonds is 7. The first-order chi connectivity index (χ1) is 16.5. The topological polar surface area (TPSA) is 93.1 Å². The molecule has 0 aromatic heterocycles. The first-order valence-corrected chi connectivity index (χ1v) is 11.7. The Bertz CT molecular complexity index is 1160. The Labute approximate surface area is 206 Å². The fraction of sp³-hybridized carbons (Fsp3) is 0.393. The van der Waals surface area contributed by atoms with Crippen molar-refractivity contribution < 1.29 is 29.0 Å². The van der Waals surface area contributed by atoms with Crippen molar-refractivity contribution in [3.63, 3.8) is 0 Å². The summed E-state index contributed by atoms with van der Waals surface area (Å²) in [6.07, 6.45) is 1.56. The van der Waals surface area contributed by atoms with Crippen LogP contribution in [0.25, 0.3) is 5.76 Å². The Morgan fingerprint density at radius 1 is 1.09 bits per heavy atom. The van der Waals surface area contributed by atoms with E-state index in [0.717, 1.165) is 12.0 Å². The van der Waals surface area contributed by atoms with Crippen LogP contribution in [0.4, 0.5) is 0 Å². The van der Waals surface area contributed by atoms with Crippen LogP contribution < -0.4 is 9.47 Å². The van der Waals surface area contributed by atoms with Crippen LogP contribution in [0.5, 0.6) is 11.5 Å². The molecule has 0 spiro atoms. The summed E-state index contributed by atoms with van der Waals surface area (Å²) in [5.74, 6) is -1.00. The lowest BCUT2D eigenvalue weighted by molar-refractivity contribution is -0.139. The summed E-state index contributed by atoms with van der Waals surface area (Å²) in [5, 5.41) is 11.4. The van der Waals surface area contributed by atoms with Crippen molar-refractivity contribution in [2.24, 2.45) is 0 Å². The second-order valence-electron chi connectivity index (χ2n) is 9.67. The Kier molecular flexibility index (Phi) is 7.68. The van der Waals surface area contributed by atoms with Crippen molar-refractivity contribution in [3.05, 3.63) is 64.7 Å². The van der Waals surface area contributed by atoms with E-state index in [1.165, 1.54) is 11.8 Å². The van der Waals surface area contributed by atoms with Crippen molar-refractivity contribution in [3.8, 4) is 11.5 Å². The fourth-order valence-electron chi connectivity index (χ4n) is 4.27. The van der Waals surface area contributed by atoms with E-state index in [4.69, 9.17) is 9.47 Å². The number of ether oxygens (including phenoxy) is 2. The van der Waals surface area contributed by atoms with Crippen LogP contribution >= 0.6 is 0 Å². The van der Waals surface area contributed by atoms with Crippen LogP contribution in [0.2, 0.25) is 0 Å². The van der Waals surface area contributed by atoms with Crippen molar-refractivity contribution in [2.75, 3.05) is 13.7 Å². The zero-order valence-electron chi connectivity index (χ0n) is 21.2. The lowest BCUT2D eigenvalue weighted by Gasteiger charge is -2.26. The molecule has 0 aliphatic carbocycles. The van der Waals surface area contributed by atoms with E-state index >= 15 is 0 Å². The molecule has 0 saturated carbocycles. The number of nitrogens with zero attached hydrogens (tertiary/aromatic N) is 1. The number of unbranched alkanes of at least 4 members (excludes halogenated alkanes) is 1. The van der Waals surface area contributed by atoms with Crippen LogP contribution in [0.1, 0.15) is 70.2 Å². The first kappa shape index (κ1) is 26.0. The van der Waals surface area contributed by atoms with E-state index in [-0.39, 0.29) is 16.7 Å². The number of benzene rings is 2. The predicted molar refractivity (Wildman–Crippen MR) is 133 cm³/mol. The molecule has 1 aliphatic rings. The number of ketones is 1. The molecule has 1 heterocycles. The molecule has 7 heteroatoms. The summed E-state index contributed by atoms with van der Waals surface area (Å²) in [5.41, 5.74) is 1.71. The summed E-state index contributed by atoms with van der Waals surface area (Å²) in [7, 11) is 1.59. The van der Waals surface area contributed by atoms with Gasteiger partial charge < -0.3 is 19.5 Å². The van der Waals surface area contributed by atoms with Crippen LogP contribution in [-0.2, 0) is 19.8 Å². The predicted octanol–water partition coefficient (Wildman–Crippen LogP) is 5.14. The SMILES string of the molecule is CCCCN1C(=O)C(=O)/C(=C(\O)c2ccc(OC)c(C(C)(C)C)c2)C1c1ccc(OC(C)=O)cc1. The Morgan fingerprint density at radius 3 is 2.29 bits per heavy atom. The highest BCUT2D eigenvalue weighted by Crippen LogP contribution is 2.41. The minimum Gasteiger partial charge on any atom is -0.507 e. The van der Waals surface area contributed by atoms with Crippen LogP contribution in [0, 0.1) is 0 Å². The quantitative estimate of drug-likeness (QED) is 0.194. The van der Waals surface area contributed by atoms with Crippen molar-refractivity contribution in [1.82, 2.24) is 4.90 Å². The maximum Gasteiger partial charge on any atom is 0.308 e. The van der Waals surface area contributed by atoms with Crippen molar-refractivity contribution in [2.45, 2.75) is 58.9 Å². The number of aliphatic hydroxyl groups excluding tert-OH is 1. The molecule has 7 nitrogen and oxygen atoms in total. The summed E-state index contributed by atoms with van der Waals surface area (Å²) < 4.78 is 10.6. The van der Waals surface area contributed by atoms with Gasteiger partial charge in [-0.3, -0.25) is 14.4 Å². The number of Topliss-reactive ketones (excluding diaryl/α,β-unsaturated/α-hetero) is 1. The van der Waals surface area contributed by atoms with Gasteiger partial charge in [-0.05, 0) is 47.7 Å². The average molecular weight is 480 g/mol. The largest absolute Gasteiger partial charge is 0.507 e. The molecule has 0 bridgehead atoms. The number of methoxy groups -OCH3 is 1. The molecule has 35 heavy (non-hydrogen) atoms. The summed E-state index contributed by atoms with van der Waals surface area (Å²) >= 11 is 0. The monoisotopic (exact) mass is 479 g/mol. The molecule has 1 saturated heterocycles. The molecule has 0 radical (unpaired) electrons. The van der Waals surface area contributed by atoms with Gasteiger partial charge in [0.05, 0.1) is 18.7 Å². The molecular weight excluding hydrogens is 446 g/mol. The lowest BCUT2D eigenvalue weighted by Crippen LogP contribution is -2.30. The number of amides is 1. The van der Waals surface area contributed by atoms with E-state index in [1.54, 1.807) is 49.6 Å². The molecule has 1 fully saturated rings. The molecule has 1 N–H and O–H groups in total. The highest BCUT2D eigenvalue weighted by Gasteiger charge is 2.45. The number of hydrogen-bond acceptors (Lipinski definition) is 6. The number of carbonyl (C=O) groups is 3. The second-order valence-corrected chi connectivity index (χ2v) is 9.67. The van der Waals surface area contributed by atoms with E-state index in [0.29, 0.717) is 35.6 Å². The normalized spacial score (nSPS) is 17.5. The Morgan fingerprint density at radius 2 is 1.74 bits per heavy atom. The molecule has 2 aromatic carbocycles. The van der Waals surface area contributed by atoms with Gasteiger partial charge in [-0.15, -0.1) is 0 Å². The van der Waals surface area contributed by atoms with E-state index in [9.17, 15) is 19.5 Å². The third-order valence-electron chi connectivity index (χ3n) is 6.03. The average Bonchev–Trinajstić information content (AvgIpc) is 3.06. The number of aliphatic hydroxyl groups is 1. The van der Waals surface area contributed by atoms with Gasteiger partial charge in [-0.1, -0.05) is 46.2 Å². The van der Waals surface area contributed by atoms with Crippen LogP contribution in [0.3, 0.4) is 0 Å². The number of esters is 1. The lowest BCUT2D eigenvalue weighted by atomic mass is 9.84. The van der Waals surface area contributed by atoms with Crippen LogP contribution in [0.15, 0.2) is 48.0 Å². The molecule has 186 valence electrons. The zero-order chi connectivity index (χ0) is 25.9. The van der Waals surface area contributed by atoms with Gasteiger partial charge in [0.1, 0.15) is 17.3 Å². The highest BCUT2D eigenvalue weighted by molar-refractivity contribution is 6.46. The second kappa shape index (κ2) is 10.3. The van der Waals surface area contributed by atoms with Gasteiger partial charge in [0.25, 0.3) is 11.7 Å². The third kappa shape index (κ3) is 5.39. The number of likely N-dealkylation sites (tertiary alicyclic amines) is 1. The molecule has 1 aliphatic heterocycles. The van der Waals surface area contributed by atoms with Crippen LogP contribution in [-0.4, -0.2) is 41.3 Å². The zero-order valence-corrected chi connectivity index (χ0v) is 21.2. The van der Waals surface area contributed by atoms with Crippen molar-refractivity contribution >= 4 is 23.4 Å². The molecular formula is C28H33NO6. The minimum absolute atomic E-state index is 0.0383.